The van der Waals surface area contributed by atoms with Gasteiger partial charge in [0.25, 0.3) is 0 Å². The molecular formula is C11H14N2O2. The van der Waals surface area contributed by atoms with Gasteiger partial charge in [0.1, 0.15) is 5.75 Å². The van der Waals surface area contributed by atoms with Crippen molar-refractivity contribution in [1.29, 1.82) is 0 Å². The molecule has 0 bridgehead atoms. The van der Waals surface area contributed by atoms with Crippen molar-refractivity contribution in [2.45, 2.75) is 0 Å². The van der Waals surface area contributed by atoms with Gasteiger partial charge in [-0.15, -0.1) is 0 Å². The molecular weight excluding hydrogens is 192 g/mol. The molecule has 80 valence electrons. The van der Waals surface area contributed by atoms with Gasteiger partial charge in [-0.2, -0.15) is 0 Å². The van der Waals surface area contributed by atoms with Gasteiger partial charge in [-0.1, -0.05) is 12.1 Å². The Morgan fingerprint density at radius 1 is 1.40 bits per heavy atom. The van der Waals surface area contributed by atoms with E-state index < -0.39 is 0 Å². The monoisotopic (exact) mass is 206 g/mol. The van der Waals surface area contributed by atoms with Crippen LogP contribution in [0.2, 0.25) is 0 Å². The first-order valence-electron chi connectivity index (χ1n) is 4.67. The van der Waals surface area contributed by atoms with E-state index in [4.69, 9.17) is 10.8 Å². The van der Waals surface area contributed by atoms with E-state index in [9.17, 15) is 4.79 Å². The molecule has 0 aliphatic heterocycles. The fourth-order valence-electron chi connectivity index (χ4n) is 1.01. The first-order chi connectivity index (χ1) is 7.22. The third-order valence-electron chi connectivity index (χ3n) is 1.76. The summed E-state index contributed by atoms with van der Waals surface area (Å²) in [7, 11) is 0. The molecule has 1 amide bonds. The van der Waals surface area contributed by atoms with Crippen molar-refractivity contribution >= 4 is 12.0 Å². The van der Waals surface area contributed by atoms with E-state index in [-0.39, 0.29) is 11.7 Å². The molecule has 0 saturated heterocycles. The predicted molar refractivity (Wildman–Crippen MR) is 59.2 cm³/mol. The fourth-order valence-corrected chi connectivity index (χ4v) is 1.01. The number of rotatable bonds is 4. The van der Waals surface area contributed by atoms with E-state index in [1.54, 1.807) is 30.3 Å². The topological polar surface area (TPSA) is 75.3 Å². The summed E-state index contributed by atoms with van der Waals surface area (Å²) in [6.07, 6.45) is 3.10. The van der Waals surface area contributed by atoms with Crippen LogP contribution in [0.4, 0.5) is 0 Å². The molecule has 0 unspecified atom stereocenters. The van der Waals surface area contributed by atoms with E-state index in [0.29, 0.717) is 13.1 Å². The number of nitrogens with two attached hydrogens (primary N) is 1. The molecule has 0 aliphatic rings. The minimum absolute atomic E-state index is 0.173. The summed E-state index contributed by atoms with van der Waals surface area (Å²) in [4.78, 5) is 11.1. The molecule has 0 radical (unpaired) electrons. The molecule has 0 spiro atoms. The first-order valence-corrected chi connectivity index (χ1v) is 4.67. The van der Waals surface area contributed by atoms with Crippen molar-refractivity contribution < 1.29 is 9.90 Å². The van der Waals surface area contributed by atoms with Crippen LogP contribution in [0.15, 0.2) is 30.3 Å². The molecule has 4 N–H and O–H groups in total. The Bertz CT molecular complexity index is 344. The van der Waals surface area contributed by atoms with Crippen LogP contribution >= 0.6 is 0 Å². The molecule has 0 saturated carbocycles. The van der Waals surface area contributed by atoms with Gasteiger partial charge in [0.2, 0.25) is 5.91 Å². The summed E-state index contributed by atoms with van der Waals surface area (Å²) in [6, 6.07) is 6.58. The number of benzene rings is 1. The number of amides is 1. The fraction of sp³-hybridized carbons (Fsp3) is 0.182. The SMILES string of the molecule is NCCNC(=O)C=Cc1ccc(O)cc1. The quantitative estimate of drug-likeness (QED) is 0.627. The average molecular weight is 206 g/mol. The van der Waals surface area contributed by atoms with Gasteiger partial charge >= 0.3 is 0 Å². The largest absolute Gasteiger partial charge is 0.508 e. The second kappa shape index (κ2) is 5.82. The van der Waals surface area contributed by atoms with E-state index >= 15 is 0 Å². The van der Waals surface area contributed by atoms with Gasteiger partial charge in [0, 0.05) is 19.2 Å². The highest BCUT2D eigenvalue weighted by molar-refractivity contribution is 5.91. The molecule has 15 heavy (non-hydrogen) atoms. The zero-order chi connectivity index (χ0) is 11.1. The third-order valence-corrected chi connectivity index (χ3v) is 1.76. The zero-order valence-electron chi connectivity index (χ0n) is 8.31. The van der Waals surface area contributed by atoms with Crippen LogP contribution in [0.1, 0.15) is 5.56 Å². The maximum atomic E-state index is 11.1. The van der Waals surface area contributed by atoms with Gasteiger partial charge in [-0.05, 0) is 23.8 Å². The van der Waals surface area contributed by atoms with Crippen LogP contribution in [0.5, 0.6) is 5.75 Å². The zero-order valence-corrected chi connectivity index (χ0v) is 8.31. The second-order valence-corrected chi connectivity index (χ2v) is 3.00. The van der Waals surface area contributed by atoms with Crippen molar-refractivity contribution in [2.75, 3.05) is 13.1 Å². The van der Waals surface area contributed by atoms with Crippen LogP contribution in [0, 0.1) is 0 Å². The van der Waals surface area contributed by atoms with Crippen molar-refractivity contribution in [1.82, 2.24) is 5.32 Å². The summed E-state index contributed by atoms with van der Waals surface area (Å²) >= 11 is 0. The highest BCUT2D eigenvalue weighted by Crippen LogP contribution is 2.10. The number of carbonyl (C=O) groups is 1. The Morgan fingerprint density at radius 2 is 2.07 bits per heavy atom. The molecule has 0 heterocycles. The number of phenols is 1. The first kappa shape index (κ1) is 11.3. The molecule has 0 fully saturated rings. The molecule has 1 aromatic rings. The van der Waals surface area contributed by atoms with Crippen molar-refractivity contribution in [3.8, 4) is 5.75 Å². The number of carbonyl (C=O) groups excluding carboxylic acids is 1. The highest BCUT2D eigenvalue weighted by atomic mass is 16.3. The third kappa shape index (κ3) is 4.28. The second-order valence-electron chi connectivity index (χ2n) is 3.00. The lowest BCUT2D eigenvalue weighted by atomic mass is 10.2. The van der Waals surface area contributed by atoms with Crippen LogP contribution < -0.4 is 11.1 Å². The number of aromatic hydroxyl groups is 1. The Morgan fingerprint density at radius 3 is 2.67 bits per heavy atom. The van der Waals surface area contributed by atoms with Gasteiger partial charge in [0.15, 0.2) is 0 Å². The van der Waals surface area contributed by atoms with Gasteiger partial charge < -0.3 is 16.2 Å². The lowest BCUT2D eigenvalue weighted by molar-refractivity contribution is -0.116. The van der Waals surface area contributed by atoms with Crippen LogP contribution in [-0.2, 0) is 4.79 Å². The summed E-state index contributed by atoms with van der Waals surface area (Å²) in [5.41, 5.74) is 6.09. The van der Waals surface area contributed by atoms with Gasteiger partial charge in [-0.25, -0.2) is 0 Å². The Hall–Kier alpha value is -1.81. The summed E-state index contributed by atoms with van der Waals surface area (Å²) in [5.74, 6) is 0.0354. The lowest BCUT2D eigenvalue weighted by Crippen LogP contribution is -2.27. The normalized spacial score (nSPS) is 10.5. The minimum Gasteiger partial charge on any atom is -0.508 e. The molecule has 0 atom stereocenters. The van der Waals surface area contributed by atoms with E-state index in [1.807, 2.05) is 0 Å². The van der Waals surface area contributed by atoms with Crippen LogP contribution in [0.3, 0.4) is 0 Å². The van der Waals surface area contributed by atoms with Crippen LogP contribution in [0.25, 0.3) is 6.08 Å². The molecule has 1 rings (SSSR count). The van der Waals surface area contributed by atoms with Gasteiger partial charge in [0.05, 0.1) is 0 Å². The number of nitrogens with one attached hydrogen (secondary N) is 1. The number of hydrogen-bond acceptors (Lipinski definition) is 3. The van der Waals surface area contributed by atoms with E-state index in [2.05, 4.69) is 5.32 Å². The molecule has 0 aromatic heterocycles. The number of phenolic OH excluding ortho intramolecular Hbond substituents is 1. The maximum absolute atomic E-state index is 11.1. The standard InChI is InChI=1S/C11H14N2O2/c12-7-8-13-11(15)6-3-9-1-4-10(14)5-2-9/h1-6,14H,7-8,12H2,(H,13,15). The number of hydrogen-bond donors (Lipinski definition) is 3. The van der Waals surface area contributed by atoms with Gasteiger partial charge in [-0.3, -0.25) is 4.79 Å². The molecule has 4 heteroatoms. The van der Waals surface area contributed by atoms with Crippen molar-refractivity contribution in [3.63, 3.8) is 0 Å². The van der Waals surface area contributed by atoms with Crippen molar-refractivity contribution in [2.24, 2.45) is 5.73 Å². The Labute approximate surface area is 88.4 Å². The molecule has 1 aromatic carbocycles. The Kier molecular flexibility index (Phi) is 4.37. The summed E-state index contributed by atoms with van der Waals surface area (Å²) in [5, 5.41) is 11.6. The Balaban J connectivity index is 2.50. The summed E-state index contributed by atoms with van der Waals surface area (Å²) in [6.45, 7) is 0.900. The summed E-state index contributed by atoms with van der Waals surface area (Å²) < 4.78 is 0. The molecule has 4 nitrogen and oxygen atoms in total. The minimum atomic E-state index is -0.173. The van der Waals surface area contributed by atoms with Crippen molar-refractivity contribution in [3.05, 3.63) is 35.9 Å². The molecule has 0 aliphatic carbocycles. The average Bonchev–Trinajstić information content (AvgIpc) is 2.25. The predicted octanol–water partition coefficient (Wildman–Crippen LogP) is 0.480. The highest BCUT2D eigenvalue weighted by Gasteiger charge is 1.93. The smallest absolute Gasteiger partial charge is 0.244 e. The van der Waals surface area contributed by atoms with Crippen LogP contribution in [-0.4, -0.2) is 24.1 Å². The van der Waals surface area contributed by atoms with E-state index in [1.165, 1.54) is 6.08 Å². The van der Waals surface area contributed by atoms with E-state index in [0.717, 1.165) is 5.56 Å². The maximum Gasteiger partial charge on any atom is 0.244 e. The lowest BCUT2D eigenvalue weighted by Gasteiger charge is -1.97.